The Bertz CT molecular complexity index is 520. The maximum Gasteiger partial charge on any atom is 0.246 e. The maximum atomic E-state index is 12.5. The minimum atomic E-state index is -3.39. The van der Waals surface area contributed by atoms with E-state index in [1.54, 1.807) is 15.2 Å². The summed E-state index contributed by atoms with van der Waals surface area (Å²) < 4.78 is 28.2. The highest BCUT2D eigenvalue weighted by Crippen LogP contribution is 2.16. The second kappa shape index (κ2) is 6.66. The Labute approximate surface area is 120 Å². The second-order valence-corrected chi connectivity index (χ2v) is 7.04. The maximum absolute atomic E-state index is 12.5. The van der Waals surface area contributed by atoms with E-state index in [4.69, 9.17) is 0 Å². The van der Waals surface area contributed by atoms with E-state index >= 15 is 0 Å². The molecule has 1 saturated heterocycles. The number of aromatic nitrogens is 2. The molecule has 0 spiro atoms. The van der Waals surface area contributed by atoms with Crippen LogP contribution in [0.15, 0.2) is 17.3 Å². The normalized spacial score (nSPS) is 18.5. The van der Waals surface area contributed by atoms with Crippen LogP contribution in [-0.2, 0) is 16.6 Å². The van der Waals surface area contributed by atoms with Crippen molar-refractivity contribution in [2.45, 2.75) is 17.9 Å². The molecule has 0 unspecified atom stereocenters. The number of piperazine rings is 1. The lowest BCUT2D eigenvalue weighted by Crippen LogP contribution is -2.46. The van der Waals surface area contributed by atoms with E-state index in [1.807, 2.05) is 14.1 Å². The van der Waals surface area contributed by atoms with E-state index in [1.165, 1.54) is 6.20 Å². The Morgan fingerprint density at radius 1 is 1.30 bits per heavy atom. The van der Waals surface area contributed by atoms with E-state index in [-0.39, 0.29) is 0 Å². The van der Waals surface area contributed by atoms with E-state index in [0.29, 0.717) is 18.0 Å². The van der Waals surface area contributed by atoms with Crippen molar-refractivity contribution in [3.05, 3.63) is 12.4 Å². The van der Waals surface area contributed by atoms with Crippen molar-refractivity contribution >= 4 is 10.0 Å². The number of rotatable bonds is 6. The summed E-state index contributed by atoms with van der Waals surface area (Å²) >= 11 is 0. The lowest BCUT2D eigenvalue weighted by Gasteiger charge is -2.31. The summed E-state index contributed by atoms with van der Waals surface area (Å²) in [5.74, 6) is 0. The average Bonchev–Trinajstić information content (AvgIpc) is 2.89. The fourth-order valence-electron chi connectivity index (χ4n) is 2.20. The largest absolute Gasteiger partial charge is 0.320 e. The van der Waals surface area contributed by atoms with Gasteiger partial charge in [-0.15, -0.1) is 0 Å². The van der Waals surface area contributed by atoms with Crippen molar-refractivity contribution in [1.82, 2.24) is 24.3 Å². The van der Waals surface area contributed by atoms with E-state index in [9.17, 15) is 8.42 Å². The topological polar surface area (TPSA) is 70.5 Å². The Morgan fingerprint density at radius 3 is 2.65 bits per heavy atom. The van der Waals surface area contributed by atoms with E-state index in [0.717, 1.165) is 32.6 Å². The van der Waals surface area contributed by atoms with Crippen LogP contribution in [0.2, 0.25) is 0 Å². The van der Waals surface area contributed by atoms with Crippen LogP contribution in [0.25, 0.3) is 0 Å². The molecule has 0 radical (unpaired) electrons. The minimum Gasteiger partial charge on any atom is -0.320 e. The highest BCUT2D eigenvalue weighted by Gasteiger charge is 2.28. The first-order chi connectivity index (χ1) is 9.54. The second-order valence-electron chi connectivity index (χ2n) is 5.10. The van der Waals surface area contributed by atoms with Crippen molar-refractivity contribution in [1.29, 1.82) is 0 Å². The molecule has 1 N–H and O–H groups in total. The van der Waals surface area contributed by atoms with Gasteiger partial charge in [0, 0.05) is 38.9 Å². The fourth-order valence-corrected chi connectivity index (χ4v) is 3.57. The SMILES string of the molecule is CNCCCn1cc(S(=O)(=O)N2CCN(C)CC2)cn1. The Hall–Kier alpha value is -0.960. The lowest BCUT2D eigenvalue weighted by atomic mass is 10.4. The standard InChI is InChI=1S/C12H23N5O2S/c1-13-4-3-5-16-11-12(10-14-16)20(18,19)17-8-6-15(2)7-9-17/h10-11,13H,3-9H2,1-2H3. The van der Waals surface area contributed by atoms with Gasteiger partial charge in [-0.25, -0.2) is 8.42 Å². The molecule has 1 aromatic rings. The molecule has 0 aliphatic carbocycles. The fraction of sp³-hybridized carbons (Fsp3) is 0.750. The number of sulfonamides is 1. The van der Waals surface area contributed by atoms with Crippen LogP contribution in [0.1, 0.15) is 6.42 Å². The zero-order valence-corrected chi connectivity index (χ0v) is 12.9. The molecule has 0 aromatic carbocycles. The van der Waals surface area contributed by atoms with Crippen LogP contribution in [0, 0.1) is 0 Å². The quantitative estimate of drug-likeness (QED) is 0.713. The Morgan fingerprint density at radius 2 is 2.00 bits per heavy atom. The van der Waals surface area contributed by atoms with Gasteiger partial charge in [0.2, 0.25) is 10.0 Å². The molecule has 0 amide bonds. The first-order valence-corrected chi connectivity index (χ1v) is 8.34. The first-order valence-electron chi connectivity index (χ1n) is 6.90. The summed E-state index contributed by atoms with van der Waals surface area (Å²) in [6, 6.07) is 0. The molecule has 2 rings (SSSR count). The third-order valence-corrected chi connectivity index (χ3v) is 5.38. The summed E-state index contributed by atoms with van der Waals surface area (Å²) in [6.45, 7) is 4.25. The molecule has 2 heterocycles. The molecule has 114 valence electrons. The average molecular weight is 301 g/mol. The predicted molar refractivity (Wildman–Crippen MR) is 77.0 cm³/mol. The molecule has 0 saturated carbocycles. The van der Waals surface area contributed by atoms with Gasteiger partial charge >= 0.3 is 0 Å². The van der Waals surface area contributed by atoms with Crippen molar-refractivity contribution in [2.75, 3.05) is 46.8 Å². The van der Waals surface area contributed by atoms with Crippen LogP contribution in [0.5, 0.6) is 0 Å². The smallest absolute Gasteiger partial charge is 0.246 e. The van der Waals surface area contributed by atoms with Crippen molar-refractivity contribution in [3.8, 4) is 0 Å². The van der Waals surface area contributed by atoms with Crippen LogP contribution in [0.3, 0.4) is 0 Å². The van der Waals surface area contributed by atoms with Gasteiger partial charge in [0.25, 0.3) is 0 Å². The van der Waals surface area contributed by atoms with Gasteiger partial charge in [-0.1, -0.05) is 0 Å². The van der Waals surface area contributed by atoms with Gasteiger partial charge in [-0.3, -0.25) is 4.68 Å². The van der Waals surface area contributed by atoms with Crippen molar-refractivity contribution in [3.63, 3.8) is 0 Å². The highest BCUT2D eigenvalue weighted by atomic mass is 32.2. The number of likely N-dealkylation sites (N-methyl/N-ethyl adjacent to an activating group) is 1. The third kappa shape index (κ3) is 3.57. The van der Waals surface area contributed by atoms with Gasteiger partial charge < -0.3 is 10.2 Å². The van der Waals surface area contributed by atoms with Gasteiger partial charge in [0.1, 0.15) is 4.90 Å². The number of aryl methyl sites for hydroxylation is 1. The highest BCUT2D eigenvalue weighted by molar-refractivity contribution is 7.89. The molecular formula is C12H23N5O2S. The van der Waals surface area contributed by atoms with Crippen LogP contribution in [-0.4, -0.2) is 74.2 Å². The molecule has 0 atom stereocenters. The zero-order chi connectivity index (χ0) is 14.6. The monoisotopic (exact) mass is 301 g/mol. The van der Waals surface area contributed by atoms with E-state index < -0.39 is 10.0 Å². The Kier molecular flexibility index (Phi) is 5.14. The number of nitrogens with zero attached hydrogens (tertiary/aromatic N) is 4. The Balaban J connectivity index is 2.02. The molecule has 0 bridgehead atoms. The summed E-state index contributed by atoms with van der Waals surface area (Å²) in [6.07, 6.45) is 4.00. The molecule has 1 aromatic heterocycles. The van der Waals surface area contributed by atoms with Gasteiger partial charge in [-0.2, -0.15) is 9.40 Å². The molecule has 20 heavy (non-hydrogen) atoms. The summed E-state index contributed by atoms with van der Waals surface area (Å²) in [5.41, 5.74) is 0. The molecular weight excluding hydrogens is 278 g/mol. The van der Waals surface area contributed by atoms with E-state index in [2.05, 4.69) is 15.3 Å². The van der Waals surface area contributed by atoms with Gasteiger partial charge in [-0.05, 0) is 27.1 Å². The summed E-state index contributed by atoms with van der Waals surface area (Å²) in [7, 11) is 0.511. The molecule has 7 nitrogen and oxygen atoms in total. The third-order valence-electron chi connectivity index (χ3n) is 3.52. The van der Waals surface area contributed by atoms with Crippen LogP contribution >= 0.6 is 0 Å². The van der Waals surface area contributed by atoms with Crippen molar-refractivity contribution < 1.29 is 8.42 Å². The molecule has 1 aliphatic rings. The van der Waals surface area contributed by atoms with Gasteiger partial charge in [0.05, 0.1) is 6.20 Å². The molecule has 1 aliphatic heterocycles. The summed E-state index contributed by atoms with van der Waals surface area (Å²) in [5, 5.41) is 7.20. The predicted octanol–water partition coefficient (Wildman–Crippen LogP) is -0.571. The first kappa shape index (κ1) is 15.4. The van der Waals surface area contributed by atoms with Crippen LogP contribution < -0.4 is 5.32 Å². The van der Waals surface area contributed by atoms with Crippen LogP contribution in [0.4, 0.5) is 0 Å². The number of nitrogens with one attached hydrogen (secondary N) is 1. The number of hydrogen-bond donors (Lipinski definition) is 1. The zero-order valence-electron chi connectivity index (χ0n) is 12.1. The van der Waals surface area contributed by atoms with Gasteiger partial charge in [0.15, 0.2) is 0 Å². The minimum absolute atomic E-state index is 0.298. The van der Waals surface area contributed by atoms with Crippen molar-refractivity contribution in [2.24, 2.45) is 0 Å². The summed E-state index contributed by atoms with van der Waals surface area (Å²) in [4.78, 5) is 2.43. The lowest BCUT2D eigenvalue weighted by molar-refractivity contribution is 0.222. The molecule has 8 heteroatoms. The number of hydrogen-bond acceptors (Lipinski definition) is 5. The molecule has 1 fully saturated rings.